The molecule has 1 aromatic carbocycles. The van der Waals surface area contributed by atoms with Crippen LogP contribution >= 0.6 is 0 Å². The van der Waals surface area contributed by atoms with Gasteiger partial charge in [-0.3, -0.25) is 4.79 Å². The van der Waals surface area contributed by atoms with Crippen molar-refractivity contribution >= 4 is 5.78 Å². The molecule has 2 nitrogen and oxygen atoms in total. The standard InChI is InChI=1S/C16H20O2/c1-13(17)14-9-11-16(12-10-14)18-15-7-5-3-2-4-6-8-15/h5,7,9-12,15H,2-4,6,8H2,1H3/b7-5+. The summed E-state index contributed by atoms with van der Waals surface area (Å²) in [6.45, 7) is 1.58. The Kier molecular flexibility index (Phi) is 4.57. The largest absolute Gasteiger partial charge is 0.486 e. The second-order valence-corrected chi connectivity index (χ2v) is 4.80. The maximum absolute atomic E-state index is 11.2. The fourth-order valence-corrected chi connectivity index (χ4v) is 2.17. The van der Waals surface area contributed by atoms with Crippen LogP contribution in [-0.2, 0) is 0 Å². The van der Waals surface area contributed by atoms with Gasteiger partial charge in [0.1, 0.15) is 11.9 Å². The predicted molar refractivity (Wildman–Crippen MR) is 73.1 cm³/mol. The minimum Gasteiger partial charge on any atom is -0.486 e. The molecule has 0 N–H and O–H groups in total. The summed E-state index contributed by atoms with van der Waals surface area (Å²) in [4.78, 5) is 11.2. The molecule has 2 heteroatoms. The number of Topliss-reactive ketones (excluding diaryl/α,β-unsaturated/α-hetero) is 1. The zero-order chi connectivity index (χ0) is 12.8. The molecule has 18 heavy (non-hydrogen) atoms. The molecule has 0 saturated heterocycles. The molecule has 1 atom stereocenters. The highest BCUT2D eigenvalue weighted by atomic mass is 16.5. The van der Waals surface area contributed by atoms with Crippen molar-refractivity contribution in [2.45, 2.75) is 45.1 Å². The summed E-state index contributed by atoms with van der Waals surface area (Å²) in [7, 11) is 0. The number of benzene rings is 1. The summed E-state index contributed by atoms with van der Waals surface area (Å²) in [5, 5.41) is 0. The van der Waals surface area contributed by atoms with Gasteiger partial charge in [0.25, 0.3) is 0 Å². The van der Waals surface area contributed by atoms with E-state index in [0.29, 0.717) is 0 Å². The quantitative estimate of drug-likeness (QED) is 0.589. The van der Waals surface area contributed by atoms with Crippen molar-refractivity contribution in [2.75, 3.05) is 0 Å². The Morgan fingerprint density at radius 3 is 2.67 bits per heavy atom. The van der Waals surface area contributed by atoms with Crippen LogP contribution in [0.3, 0.4) is 0 Å². The van der Waals surface area contributed by atoms with E-state index in [-0.39, 0.29) is 11.9 Å². The molecule has 2 rings (SSSR count). The van der Waals surface area contributed by atoms with Gasteiger partial charge in [-0.15, -0.1) is 0 Å². The van der Waals surface area contributed by atoms with Gasteiger partial charge in [0.2, 0.25) is 0 Å². The van der Waals surface area contributed by atoms with E-state index in [4.69, 9.17) is 4.74 Å². The topological polar surface area (TPSA) is 26.3 Å². The number of carbonyl (C=O) groups is 1. The lowest BCUT2D eigenvalue weighted by atomic mass is 10.0. The van der Waals surface area contributed by atoms with Gasteiger partial charge in [0.05, 0.1) is 0 Å². The molecule has 0 heterocycles. The first-order valence-corrected chi connectivity index (χ1v) is 6.70. The van der Waals surface area contributed by atoms with E-state index < -0.39 is 0 Å². The summed E-state index contributed by atoms with van der Waals surface area (Å²) >= 11 is 0. The van der Waals surface area contributed by atoms with Crippen LogP contribution in [0.25, 0.3) is 0 Å². The number of carbonyl (C=O) groups excluding carboxylic acids is 1. The number of ketones is 1. The van der Waals surface area contributed by atoms with Gasteiger partial charge in [-0.05, 0) is 62.9 Å². The lowest BCUT2D eigenvalue weighted by Crippen LogP contribution is -2.14. The van der Waals surface area contributed by atoms with Crippen molar-refractivity contribution in [1.29, 1.82) is 0 Å². The first kappa shape index (κ1) is 12.9. The summed E-state index contributed by atoms with van der Waals surface area (Å²) < 4.78 is 5.93. The molecule has 1 aliphatic carbocycles. The molecule has 0 amide bonds. The van der Waals surface area contributed by atoms with E-state index in [2.05, 4.69) is 12.2 Å². The molecule has 96 valence electrons. The zero-order valence-corrected chi connectivity index (χ0v) is 10.9. The summed E-state index contributed by atoms with van der Waals surface area (Å²) in [6.07, 6.45) is 10.6. The Hall–Kier alpha value is -1.57. The third kappa shape index (κ3) is 3.73. The molecule has 1 aliphatic rings. The molecule has 0 spiro atoms. The fraction of sp³-hybridized carbons (Fsp3) is 0.438. The molecule has 0 aromatic heterocycles. The Balaban J connectivity index is 1.99. The van der Waals surface area contributed by atoms with Crippen LogP contribution in [0.2, 0.25) is 0 Å². The number of allylic oxidation sites excluding steroid dienone is 1. The Labute approximate surface area is 109 Å². The van der Waals surface area contributed by atoms with Crippen molar-refractivity contribution in [3.05, 3.63) is 42.0 Å². The van der Waals surface area contributed by atoms with Crippen molar-refractivity contribution < 1.29 is 9.53 Å². The molecule has 0 radical (unpaired) electrons. The number of hydrogen-bond acceptors (Lipinski definition) is 2. The van der Waals surface area contributed by atoms with Gasteiger partial charge in [-0.1, -0.05) is 12.5 Å². The maximum Gasteiger partial charge on any atom is 0.159 e. The van der Waals surface area contributed by atoms with Gasteiger partial charge in [-0.2, -0.15) is 0 Å². The molecule has 0 aliphatic heterocycles. The smallest absolute Gasteiger partial charge is 0.159 e. The van der Waals surface area contributed by atoms with Crippen molar-refractivity contribution in [1.82, 2.24) is 0 Å². The Bertz CT molecular complexity index is 417. The number of ether oxygens (including phenoxy) is 1. The zero-order valence-electron chi connectivity index (χ0n) is 10.9. The second kappa shape index (κ2) is 6.39. The van der Waals surface area contributed by atoms with Crippen molar-refractivity contribution in [3.63, 3.8) is 0 Å². The van der Waals surface area contributed by atoms with Gasteiger partial charge in [0.15, 0.2) is 5.78 Å². The van der Waals surface area contributed by atoms with E-state index in [9.17, 15) is 4.79 Å². The average molecular weight is 244 g/mol. The van der Waals surface area contributed by atoms with E-state index in [1.165, 1.54) is 19.3 Å². The molecule has 1 aromatic rings. The van der Waals surface area contributed by atoms with Crippen LogP contribution in [-0.4, -0.2) is 11.9 Å². The average Bonchev–Trinajstić information content (AvgIpc) is 2.33. The Morgan fingerprint density at radius 1 is 1.17 bits per heavy atom. The van der Waals surface area contributed by atoms with Gasteiger partial charge in [0, 0.05) is 5.56 Å². The molecule has 1 unspecified atom stereocenters. The molecule has 0 saturated carbocycles. The number of hydrogen-bond donors (Lipinski definition) is 0. The Morgan fingerprint density at radius 2 is 1.94 bits per heavy atom. The maximum atomic E-state index is 11.2. The van der Waals surface area contributed by atoms with Gasteiger partial charge >= 0.3 is 0 Å². The van der Waals surface area contributed by atoms with E-state index in [0.717, 1.165) is 24.2 Å². The van der Waals surface area contributed by atoms with Crippen molar-refractivity contribution in [2.24, 2.45) is 0 Å². The molecular weight excluding hydrogens is 224 g/mol. The van der Waals surface area contributed by atoms with E-state index in [1.807, 2.05) is 24.3 Å². The summed E-state index contributed by atoms with van der Waals surface area (Å²) in [5.41, 5.74) is 0.732. The van der Waals surface area contributed by atoms with Crippen LogP contribution in [0.4, 0.5) is 0 Å². The number of rotatable bonds is 3. The highest BCUT2D eigenvalue weighted by Crippen LogP contribution is 2.19. The minimum absolute atomic E-state index is 0.0902. The first-order chi connectivity index (χ1) is 8.75. The third-order valence-corrected chi connectivity index (χ3v) is 3.26. The molecule has 0 fully saturated rings. The van der Waals surface area contributed by atoms with Crippen LogP contribution in [0.1, 0.15) is 49.4 Å². The van der Waals surface area contributed by atoms with Crippen LogP contribution in [0.15, 0.2) is 36.4 Å². The van der Waals surface area contributed by atoms with Crippen LogP contribution in [0, 0.1) is 0 Å². The second-order valence-electron chi connectivity index (χ2n) is 4.80. The van der Waals surface area contributed by atoms with Gasteiger partial charge in [-0.25, -0.2) is 0 Å². The summed E-state index contributed by atoms with van der Waals surface area (Å²) in [5.74, 6) is 0.933. The predicted octanol–water partition coefficient (Wildman–Crippen LogP) is 4.16. The first-order valence-electron chi connectivity index (χ1n) is 6.70. The summed E-state index contributed by atoms with van der Waals surface area (Å²) in [6, 6.07) is 7.40. The third-order valence-electron chi connectivity index (χ3n) is 3.26. The van der Waals surface area contributed by atoms with Crippen LogP contribution in [0.5, 0.6) is 5.75 Å². The van der Waals surface area contributed by atoms with Gasteiger partial charge < -0.3 is 4.74 Å². The van der Waals surface area contributed by atoms with E-state index >= 15 is 0 Å². The lowest BCUT2D eigenvalue weighted by molar-refractivity contribution is 0.101. The SMILES string of the molecule is CC(=O)c1ccc(OC2/C=C/CCCCC2)cc1. The highest BCUT2D eigenvalue weighted by Gasteiger charge is 2.09. The van der Waals surface area contributed by atoms with Crippen molar-refractivity contribution in [3.8, 4) is 5.75 Å². The lowest BCUT2D eigenvalue weighted by Gasteiger charge is -2.17. The highest BCUT2D eigenvalue weighted by molar-refractivity contribution is 5.94. The van der Waals surface area contributed by atoms with Crippen LogP contribution < -0.4 is 4.74 Å². The molecular formula is C16H20O2. The van der Waals surface area contributed by atoms with E-state index in [1.54, 1.807) is 6.92 Å². The monoisotopic (exact) mass is 244 g/mol. The molecule has 0 bridgehead atoms. The minimum atomic E-state index is 0.0902. The normalized spacial score (nSPS) is 21.7. The fourth-order valence-electron chi connectivity index (χ4n) is 2.17.